The summed E-state index contributed by atoms with van der Waals surface area (Å²) in [6.07, 6.45) is 0.468. The predicted octanol–water partition coefficient (Wildman–Crippen LogP) is 3.55. The molecule has 4 nitrogen and oxygen atoms in total. The molecule has 0 atom stereocenters. The minimum Gasteiger partial charge on any atom is -0.493 e. The molecule has 0 aromatic heterocycles. The molecule has 2 rings (SSSR count). The number of hydrogen-bond donors (Lipinski definition) is 1. The Morgan fingerprint density at radius 2 is 1.74 bits per heavy atom. The lowest BCUT2D eigenvalue weighted by atomic mass is 10.1. The standard InChI is InChI=1S/C17H17F2NO3/c1-22-15-7-5-12(10-16(15)23-2)20-17(21)8-4-11-3-6-13(18)14(19)9-11/h3,5-7,9-10H,4,8H2,1-2H3,(H,20,21). The first-order valence-electron chi connectivity index (χ1n) is 6.99. The fourth-order valence-corrected chi connectivity index (χ4v) is 2.09. The largest absolute Gasteiger partial charge is 0.493 e. The normalized spacial score (nSPS) is 10.3. The SMILES string of the molecule is COc1ccc(NC(=O)CCc2ccc(F)c(F)c2)cc1OC. The zero-order chi connectivity index (χ0) is 16.8. The van der Waals surface area contributed by atoms with E-state index < -0.39 is 11.6 Å². The van der Waals surface area contributed by atoms with Gasteiger partial charge in [0, 0.05) is 18.2 Å². The molecular formula is C17H17F2NO3. The number of ether oxygens (including phenoxy) is 2. The van der Waals surface area contributed by atoms with Crippen molar-refractivity contribution in [1.82, 2.24) is 0 Å². The molecule has 0 radical (unpaired) electrons. The van der Waals surface area contributed by atoms with E-state index in [9.17, 15) is 13.6 Å². The molecule has 6 heteroatoms. The summed E-state index contributed by atoms with van der Waals surface area (Å²) in [5.74, 6) is -0.980. The van der Waals surface area contributed by atoms with Gasteiger partial charge in [0.2, 0.25) is 5.91 Å². The van der Waals surface area contributed by atoms with Gasteiger partial charge in [-0.1, -0.05) is 6.07 Å². The van der Waals surface area contributed by atoms with Crippen LogP contribution in [0, 0.1) is 11.6 Å². The van der Waals surface area contributed by atoms with Gasteiger partial charge < -0.3 is 14.8 Å². The van der Waals surface area contributed by atoms with Gasteiger partial charge in [-0.05, 0) is 36.2 Å². The van der Waals surface area contributed by atoms with Gasteiger partial charge in [-0.2, -0.15) is 0 Å². The summed E-state index contributed by atoms with van der Waals surface area (Å²) >= 11 is 0. The predicted molar refractivity (Wildman–Crippen MR) is 82.9 cm³/mol. The van der Waals surface area contributed by atoms with Crippen molar-refractivity contribution in [1.29, 1.82) is 0 Å². The molecule has 122 valence electrons. The van der Waals surface area contributed by atoms with Crippen molar-refractivity contribution in [3.8, 4) is 11.5 Å². The van der Waals surface area contributed by atoms with Crippen LogP contribution in [0.2, 0.25) is 0 Å². The van der Waals surface area contributed by atoms with Crippen LogP contribution in [-0.2, 0) is 11.2 Å². The van der Waals surface area contributed by atoms with Crippen molar-refractivity contribution in [3.05, 3.63) is 53.6 Å². The minimum atomic E-state index is -0.914. The van der Waals surface area contributed by atoms with Crippen LogP contribution >= 0.6 is 0 Å². The zero-order valence-electron chi connectivity index (χ0n) is 12.9. The number of hydrogen-bond acceptors (Lipinski definition) is 3. The number of aryl methyl sites for hydroxylation is 1. The summed E-state index contributed by atoms with van der Waals surface area (Å²) in [6.45, 7) is 0. The van der Waals surface area contributed by atoms with Gasteiger partial charge in [-0.15, -0.1) is 0 Å². The molecule has 0 heterocycles. The van der Waals surface area contributed by atoms with Gasteiger partial charge in [0.1, 0.15) is 0 Å². The molecule has 0 spiro atoms. The Morgan fingerprint density at radius 3 is 2.39 bits per heavy atom. The number of carbonyl (C=O) groups is 1. The highest BCUT2D eigenvalue weighted by atomic mass is 19.2. The molecule has 0 saturated heterocycles. The Bertz CT molecular complexity index is 704. The van der Waals surface area contributed by atoms with E-state index in [1.165, 1.54) is 20.3 Å². The lowest BCUT2D eigenvalue weighted by Gasteiger charge is -2.10. The number of amides is 1. The molecule has 0 bridgehead atoms. The maximum Gasteiger partial charge on any atom is 0.224 e. The van der Waals surface area contributed by atoms with E-state index in [-0.39, 0.29) is 12.3 Å². The molecule has 0 unspecified atom stereocenters. The van der Waals surface area contributed by atoms with Crippen LogP contribution < -0.4 is 14.8 Å². The average Bonchev–Trinajstić information content (AvgIpc) is 2.55. The van der Waals surface area contributed by atoms with Crippen LogP contribution in [0.4, 0.5) is 14.5 Å². The first kappa shape index (κ1) is 16.7. The second-order valence-corrected chi connectivity index (χ2v) is 4.87. The van der Waals surface area contributed by atoms with Gasteiger partial charge >= 0.3 is 0 Å². The third-order valence-electron chi connectivity index (χ3n) is 3.29. The molecule has 2 aromatic rings. The molecule has 2 aromatic carbocycles. The minimum absolute atomic E-state index is 0.152. The zero-order valence-corrected chi connectivity index (χ0v) is 12.9. The van der Waals surface area contributed by atoms with Crippen LogP contribution in [-0.4, -0.2) is 20.1 Å². The number of benzene rings is 2. The number of halogens is 2. The number of methoxy groups -OCH3 is 2. The average molecular weight is 321 g/mol. The van der Waals surface area contributed by atoms with Crippen molar-refractivity contribution in [3.63, 3.8) is 0 Å². The molecule has 1 N–H and O–H groups in total. The number of anilines is 1. The topological polar surface area (TPSA) is 47.6 Å². The number of carbonyl (C=O) groups excluding carboxylic acids is 1. The Morgan fingerprint density at radius 1 is 1.00 bits per heavy atom. The first-order valence-corrected chi connectivity index (χ1v) is 6.99. The van der Waals surface area contributed by atoms with Crippen molar-refractivity contribution < 1.29 is 23.0 Å². The van der Waals surface area contributed by atoms with Gasteiger partial charge in [0.25, 0.3) is 0 Å². The Kier molecular flexibility index (Phi) is 5.51. The summed E-state index contributed by atoms with van der Waals surface area (Å²) in [7, 11) is 3.03. The van der Waals surface area contributed by atoms with Crippen LogP contribution in [0.15, 0.2) is 36.4 Å². The lowest BCUT2D eigenvalue weighted by Crippen LogP contribution is -2.12. The van der Waals surface area contributed by atoms with Crippen molar-refractivity contribution >= 4 is 11.6 Å². The Hall–Kier alpha value is -2.63. The highest BCUT2D eigenvalue weighted by Gasteiger charge is 2.09. The third kappa shape index (κ3) is 4.42. The Labute approximate surface area is 133 Å². The second-order valence-electron chi connectivity index (χ2n) is 4.87. The van der Waals surface area contributed by atoms with Gasteiger partial charge in [0.15, 0.2) is 23.1 Å². The van der Waals surface area contributed by atoms with Crippen LogP contribution in [0.1, 0.15) is 12.0 Å². The second kappa shape index (κ2) is 7.58. The van der Waals surface area contributed by atoms with E-state index in [2.05, 4.69) is 5.32 Å². The fourth-order valence-electron chi connectivity index (χ4n) is 2.09. The maximum absolute atomic E-state index is 13.1. The summed E-state index contributed by atoms with van der Waals surface area (Å²) in [5, 5.41) is 2.72. The number of nitrogens with one attached hydrogen (secondary N) is 1. The monoisotopic (exact) mass is 321 g/mol. The van der Waals surface area contributed by atoms with E-state index in [1.54, 1.807) is 18.2 Å². The van der Waals surface area contributed by atoms with Crippen LogP contribution in [0.25, 0.3) is 0 Å². The van der Waals surface area contributed by atoms with Gasteiger partial charge in [0.05, 0.1) is 14.2 Å². The van der Waals surface area contributed by atoms with Gasteiger partial charge in [-0.3, -0.25) is 4.79 Å². The molecule has 0 aliphatic rings. The third-order valence-corrected chi connectivity index (χ3v) is 3.29. The maximum atomic E-state index is 13.1. The van der Waals surface area contributed by atoms with Crippen molar-refractivity contribution in [2.75, 3.05) is 19.5 Å². The van der Waals surface area contributed by atoms with Crippen molar-refractivity contribution in [2.24, 2.45) is 0 Å². The quantitative estimate of drug-likeness (QED) is 0.885. The molecule has 0 fully saturated rings. The van der Waals surface area contributed by atoms with Crippen LogP contribution in [0.5, 0.6) is 11.5 Å². The fraction of sp³-hybridized carbons (Fsp3) is 0.235. The molecule has 1 amide bonds. The highest BCUT2D eigenvalue weighted by molar-refractivity contribution is 5.91. The smallest absolute Gasteiger partial charge is 0.224 e. The molecule has 0 aliphatic heterocycles. The molecule has 0 aliphatic carbocycles. The lowest BCUT2D eigenvalue weighted by molar-refractivity contribution is -0.116. The summed E-state index contributed by atoms with van der Waals surface area (Å²) < 4.78 is 36.2. The van der Waals surface area contributed by atoms with Crippen LogP contribution in [0.3, 0.4) is 0 Å². The molecular weight excluding hydrogens is 304 g/mol. The molecule has 23 heavy (non-hydrogen) atoms. The van der Waals surface area contributed by atoms with E-state index in [4.69, 9.17) is 9.47 Å². The summed E-state index contributed by atoms with van der Waals surface area (Å²) in [6, 6.07) is 8.63. The van der Waals surface area contributed by atoms with Crippen molar-refractivity contribution in [2.45, 2.75) is 12.8 Å². The van der Waals surface area contributed by atoms with E-state index >= 15 is 0 Å². The first-order chi connectivity index (χ1) is 11.0. The Balaban J connectivity index is 1.95. The highest BCUT2D eigenvalue weighted by Crippen LogP contribution is 2.29. The van der Waals surface area contributed by atoms with Gasteiger partial charge in [-0.25, -0.2) is 8.78 Å². The summed E-state index contributed by atoms with van der Waals surface area (Å²) in [4.78, 5) is 11.9. The van der Waals surface area contributed by atoms with E-state index in [0.29, 0.717) is 29.2 Å². The molecule has 0 saturated carbocycles. The van der Waals surface area contributed by atoms with E-state index in [1.807, 2.05) is 0 Å². The van der Waals surface area contributed by atoms with E-state index in [0.717, 1.165) is 12.1 Å². The number of rotatable bonds is 6. The summed E-state index contributed by atoms with van der Waals surface area (Å²) in [5.41, 5.74) is 1.13.